The Labute approximate surface area is 291 Å². The zero-order chi connectivity index (χ0) is 35.8. The molecule has 0 bridgehead atoms. The number of aromatic amines is 1. The fraction of sp³-hybridized carbons (Fsp3) is 0.444. The number of nitrogens with zero attached hydrogens (tertiary/aromatic N) is 3. The van der Waals surface area contributed by atoms with Crippen molar-refractivity contribution in [3.05, 3.63) is 60.6 Å². The lowest BCUT2D eigenvalue weighted by Gasteiger charge is -2.26. The molecule has 2 saturated heterocycles. The highest BCUT2D eigenvalue weighted by Crippen LogP contribution is 2.33. The molecule has 1 aromatic heterocycles. The van der Waals surface area contributed by atoms with Gasteiger partial charge >= 0.3 is 12.2 Å². The number of imidazole rings is 1. The van der Waals surface area contributed by atoms with Crippen molar-refractivity contribution >= 4 is 35.6 Å². The van der Waals surface area contributed by atoms with Gasteiger partial charge in [-0.1, -0.05) is 36.4 Å². The summed E-state index contributed by atoms with van der Waals surface area (Å²) in [5.41, 5.74) is 4.41. The fourth-order valence-electron chi connectivity index (χ4n) is 6.32. The Kier molecular flexibility index (Phi) is 11.7. The molecule has 4 N–H and O–H groups in total. The SMILES string of the molecule is CCOC(=O)NC(C)C(=O)N1CC[C@H](C(=O)Nc2ccc(-c3ccc(-c4cnc([C@@H]5CCCN5C(=O)C(C)NC(=O)OCC)[nH]4)cc3)cc2)C1. The van der Waals surface area contributed by atoms with E-state index in [9.17, 15) is 24.0 Å². The minimum absolute atomic E-state index is 0.157. The monoisotopic (exact) mass is 687 g/mol. The zero-order valence-electron chi connectivity index (χ0n) is 28.9. The van der Waals surface area contributed by atoms with Crippen LogP contribution in [0.15, 0.2) is 54.7 Å². The Bertz CT molecular complexity index is 1670. The Morgan fingerprint density at radius 2 is 1.40 bits per heavy atom. The molecule has 5 amide bonds. The predicted molar refractivity (Wildman–Crippen MR) is 186 cm³/mol. The van der Waals surface area contributed by atoms with Crippen molar-refractivity contribution in [2.45, 2.75) is 65.1 Å². The van der Waals surface area contributed by atoms with E-state index in [-0.39, 0.29) is 49.4 Å². The highest BCUT2D eigenvalue weighted by atomic mass is 16.6. The van der Waals surface area contributed by atoms with Crippen LogP contribution in [0.5, 0.6) is 0 Å². The van der Waals surface area contributed by atoms with Crippen molar-refractivity contribution in [1.29, 1.82) is 0 Å². The minimum atomic E-state index is -0.743. The number of carbonyl (C=O) groups is 5. The summed E-state index contributed by atoms with van der Waals surface area (Å²) >= 11 is 0. The summed E-state index contributed by atoms with van der Waals surface area (Å²) in [5, 5.41) is 8.07. The molecular formula is C36H45N7O7. The number of hydrogen-bond acceptors (Lipinski definition) is 8. The molecule has 50 heavy (non-hydrogen) atoms. The number of carbonyl (C=O) groups excluding carboxylic acids is 5. The Morgan fingerprint density at radius 1 is 0.820 bits per heavy atom. The highest BCUT2D eigenvalue weighted by Gasteiger charge is 2.35. The van der Waals surface area contributed by atoms with E-state index >= 15 is 0 Å². The lowest BCUT2D eigenvalue weighted by atomic mass is 10.0. The van der Waals surface area contributed by atoms with E-state index in [1.165, 1.54) is 0 Å². The first kappa shape index (κ1) is 35.9. The van der Waals surface area contributed by atoms with Crippen molar-refractivity contribution in [1.82, 2.24) is 30.4 Å². The fourth-order valence-corrected chi connectivity index (χ4v) is 6.32. The van der Waals surface area contributed by atoms with Crippen molar-refractivity contribution in [2.24, 2.45) is 5.92 Å². The van der Waals surface area contributed by atoms with Gasteiger partial charge in [-0.15, -0.1) is 0 Å². The van der Waals surface area contributed by atoms with Crippen LogP contribution >= 0.6 is 0 Å². The summed E-state index contributed by atoms with van der Waals surface area (Å²) in [6.07, 6.45) is 2.66. The second-order valence-corrected chi connectivity index (χ2v) is 12.5. The summed E-state index contributed by atoms with van der Waals surface area (Å²) in [6.45, 7) is 8.41. The number of ether oxygens (including phenoxy) is 2. The van der Waals surface area contributed by atoms with Crippen LogP contribution in [0, 0.1) is 5.92 Å². The van der Waals surface area contributed by atoms with Crippen LogP contribution in [0.3, 0.4) is 0 Å². The Hall–Kier alpha value is -5.40. The maximum Gasteiger partial charge on any atom is 0.407 e. The number of amides is 5. The lowest BCUT2D eigenvalue weighted by Crippen LogP contribution is -2.46. The van der Waals surface area contributed by atoms with Crippen LogP contribution in [0.2, 0.25) is 0 Å². The standard InChI is InChI=1S/C36H45N7O7/c1-5-49-35(47)38-22(3)33(45)42-19-17-27(21-42)32(44)40-28-15-13-25(14-16-28)24-9-11-26(12-10-24)29-20-37-31(41-29)30-8-7-18-43(30)34(46)23(4)39-36(48)50-6-2/h9-16,20,22-23,27,30H,5-8,17-19,21H2,1-4H3,(H,37,41)(H,38,47)(H,39,48)(H,40,44)/t22?,23?,27-,30-/m0/s1. The van der Waals surface area contributed by atoms with Gasteiger partial charge in [-0.2, -0.15) is 0 Å². The van der Waals surface area contributed by atoms with Crippen LogP contribution < -0.4 is 16.0 Å². The Balaban J connectivity index is 1.14. The molecule has 4 atom stereocenters. The molecule has 5 rings (SSSR count). The van der Waals surface area contributed by atoms with Crippen LogP contribution in [0.4, 0.5) is 15.3 Å². The quantitative estimate of drug-likeness (QED) is 0.229. The van der Waals surface area contributed by atoms with Crippen LogP contribution in [0.25, 0.3) is 22.4 Å². The number of rotatable bonds is 11. The van der Waals surface area contributed by atoms with E-state index in [2.05, 4.69) is 25.9 Å². The zero-order valence-corrected chi connectivity index (χ0v) is 28.9. The van der Waals surface area contributed by atoms with Gasteiger partial charge in [0.1, 0.15) is 17.9 Å². The van der Waals surface area contributed by atoms with Gasteiger partial charge in [0, 0.05) is 25.3 Å². The molecule has 2 aliphatic heterocycles. The highest BCUT2D eigenvalue weighted by molar-refractivity contribution is 5.94. The molecular weight excluding hydrogens is 642 g/mol. The predicted octanol–water partition coefficient (Wildman–Crippen LogP) is 4.46. The number of H-pyrrole nitrogens is 1. The number of aromatic nitrogens is 2. The molecule has 2 unspecified atom stereocenters. The second kappa shape index (κ2) is 16.3. The normalized spacial score (nSPS) is 18.2. The smallest absolute Gasteiger partial charge is 0.407 e. The molecule has 2 fully saturated rings. The van der Waals surface area contributed by atoms with Gasteiger partial charge in [-0.3, -0.25) is 14.4 Å². The molecule has 3 heterocycles. The Morgan fingerprint density at radius 3 is 2.02 bits per heavy atom. The van der Waals surface area contributed by atoms with E-state index in [1.54, 1.807) is 43.7 Å². The van der Waals surface area contributed by atoms with Crippen LogP contribution in [0.1, 0.15) is 58.8 Å². The van der Waals surface area contributed by atoms with E-state index in [1.807, 2.05) is 48.5 Å². The van der Waals surface area contributed by atoms with Crippen molar-refractivity contribution < 1.29 is 33.4 Å². The first-order valence-electron chi connectivity index (χ1n) is 17.1. The molecule has 0 spiro atoms. The molecule has 14 nitrogen and oxygen atoms in total. The molecule has 2 aromatic carbocycles. The maximum absolute atomic E-state index is 13.1. The first-order valence-corrected chi connectivity index (χ1v) is 17.1. The molecule has 3 aromatic rings. The van der Waals surface area contributed by atoms with E-state index < -0.39 is 24.3 Å². The number of likely N-dealkylation sites (tertiary alicyclic amines) is 2. The van der Waals surface area contributed by atoms with Crippen LogP contribution in [-0.4, -0.2) is 94.6 Å². The number of anilines is 1. The van der Waals surface area contributed by atoms with Gasteiger partial charge in [0.15, 0.2) is 0 Å². The number of hydrogen-bond donors (Lipinski definition) is 4. The van der Waals surface area contributed by atoms with E-state index in [0.29, 0.717) is 31.0 Å². The average Bonchev–Trinajstić information content (AvgIpc) is 3.90. The van der Waals surface area contributed by atoms with Gasteiger partial charge in [-0.05, 0) is 75.8 Å². The molecule has 14 heteroatoms. The van der Waals surface area contributed by atoms with Gasteiger partial charge in [0.2, 0.25) is 17.7 Å². The van der Waals surface area contributed by atoms with Crippen molar-refractivity contribution in [2.75, 3.05) is 38.2 Å². The van der Waals surface area contributed by atoms with Crippen molar-refractivity contribution in [3.63, 3.8) is 0 Å². The third-order valence-corrected chi connectivity index (χ3v) is 8.96. The van der Waals surface area contributed by atoms with Crippen molar-refractivity contribution in [3.8, 4) is 22.4 Å². The van der Waals surface area contributed by atoms with Crippen LogP contribution in [-0.2, 0) is 23.9 Å². The van der Waals surface area contributed by atoms with E-state index in [4.69, 9.17) is 9.47 Å². The molecule has 0 saturated carbocycles. The number of benzene rings is 2. The summed E-state index contributed by atoms with van der Waals surface area (Å²) in [4.78, 5) is 73.6. The van der Waals surface area contributed by atoms with Gasteiger partial charge in [0.05, 0.1) is 37.1 Å². The van der Waals surface area contributed by atoms with E-state index in [0.717, 1.165) is 35.2 Å². The van der Waals surface area contributed by atoms with Gasteiger partial charge in [0.25, 0.3) is 0 Å². The molecule has 2 aliphatic rings. The first-order chi connectivity index (χ1) is 24.1. The topological polar surface area (TPSA) is 175 Å². The number of nitrogens with one attached hydrogen (secondary N) is 4. The lowest BCUT2D eigenvalue weighted by molar-refractivity contribution is -0.134. The molecule has 266 valence electrons. The molecule has 0 radical (unpaired) electrons. The largest absolute Gasteiger partial charge is 0.450 e. The third kappa shape index (κ3) is 8.60. The summed E-state index contributed by atoms with van der Waals surface area (Å²) in [7, 11) is 0. The third-order valence-electron chi connectivity index (χ3n) is 8.96. The minimum Gasteiger partial charge on any atom is -0.450 e. The number of alkyl carbamates (subject to hydrolysis) is 2. The summed E-state index contributed by atoms with van der Waals surface area (Å²) in [5.74, 6) is -0.232. The molecule has 0 aliphatic carbocycles. The summed E-state index contributed by atoms with van der Waals surface area (Å²) < 4.78 is 9.76. The van der Waals surface area contributed by atoms with Gasteiger partial charge < -0.3 is 40.2 Å². The average molecular weight is 688 g/mol. The maximum atomic E-state index is 13.1. The summed E-state index contributed by atoms with van der Waals surface area (Å²) in [6, 6.07) is 13.9. The van der Waals surface area contributed by atoms with Gasteiger partial charge in [-0.25, -0.2) is 14.6 Å². The second-order valence-electron chi connectivity index (χ2n) is 12.5.